The Morgan fingerprint density at radius 1 is 1.19 bits per heavy atom. The first kappa shape index (κ1) is 15.4. The summed E-state index contributed by atoms with van der Waals surface area (Å²) in [6.45, 7) is 7.19. The SMILES string of the molecule is CCOc1cc([N+](=O)[O-])c(OCC)cc1N1CCOCC1. The topological polar surface area (TPSA) is 74.1 Å². The van der Waals surface area contributed by atoms with Crippen LogP contribution in [0.25, 0.3) is 0 Å². The van der Waals surface area contributed by atoms with Gasteiger partial charge in [0.15, 0.2) is 5.75 Å². The lowest BCUT2D eigenvalue weighted by molar-refractivity contribution is -0.385. The number of benzene rings is 1. The maximum Gasteiger partial charge on any atom is 0.314 e. The van der Waals surface area contributed by atoms with E-state index >= 15 is 0 Å². The van der Waals surface area contributed by atoms with E-state index in [0.29, 0.717) is 32.2 Å². The van der Waals surface area contributed by atoms with Crippen LogP contribution in [-0.2, 0) is 4.74 Å². The number of nitro groups is 1. The molecule has 1 aliphatic rings. The van der Waals surface area contributed by atoms with Gasteiger partial charge in [0, 0.05) is 19.2 Å². The average molecular weight is 296 g/mol. The Labute approximate surface area is 123 Å². The summed E-state index contributed by atoms with van der Waals surface area (Å²) in [5, 5.41) is 11.2. The van der Waals surface area contributed by atoms with E-state index in [0.717, 1.165) is 18.8 Å². The van der Waals surface area contributed by atoms with Gasteiger partial charge in [-0.1, -0.05) is 0 Å². The van der Waals surface area contributed by atoms with Crippen molar-refractivity contribution in [3.63, 3.8) is 0 Å². The normalized spacial score (nSPS) is 14.9. The zero-order valence-electron chi connectivity index (χ0n) is 12.3. The number of ether oxygens (including phenoxy) is 3. The van der Waals surface area contributed by atoms with Crippen molar-refractivity contribution >= 4 is 11.4 Å². The highest BCUT2D eigenvalue weighted by molar-refractivity contribution is 5.68. The molecule has 1 saturated heterocycles. The van der Waals surface area contributed by atoms with Gasteiger partial charge < -0.3 is 19.1 Å². The van der Waals surface area contributed by atoms with E-state index in [1.54, 1.807) is 13.0 Å². The van der Waals surface area contributed by atoms with Gasteiger partial charge in [0.25, 0.3) is 0 Å². The molecule has 0 atom stereocenters. The van der Waals surface area contributed by atoms with E-state index in [1.807, 2.05) is 6.92 Å². The first-order valence-corrected chi connectivity index (χ1v) is 7.08. The first-order chi connectivity index (χ1) is 10.2. The number of nitrogens with zero attached hydrogens (tertiary/aromatic N) is 2. The minimum Gasteiger partial charge on any atom is -0.491 e. The second-order valence-electron chi connectivity index (χ2n) is 4.51. The minimum atomic E-state index is -0.448. The smallest absolute Gasteiger partial charge is 0.314 e. The van der Waals surface area contributed by atoms with Crippen molar-refractivity contribution in [2.45, 2.75) is 13.8 Å². The molecule has 0 bridgehead atoms. The second-order valence-corrected chi connectivity index (χ2v) is 4.51. The van der Waals surface area contributed by atoms with Gasteiger partial charge in [-0.15, -0.1) is 0 Å². The van der Waals surface area contributed by atoms with Crippen molar-refractivity contribution in [3.05, 3.63) is 22.2 Å². The molecule has 7 heteroatoms. The maximum absolute atomic E-state index is 11.2. The Kier molecular flexibility index (Phi) is 5.21. The molecule has 1 aromatic rings. The highest BCUT2D eigenvalue weighted by Gasteiger charge is 2.24. The maximum atomic E-state index is 11.2. The molecule has 0 spiro atoms. The van der Waals surface area contributed by atoms with Crippen molar-refractivity contribution in [1.29, 1.82) is 0 Å². The third-order valence-corrected chi connectivity index (χ3v) is 3.19. The summed E-state index contributed by atoms with van der Waals surface area (Å²) in [6.07, 6.45) is 0. The number of hydrogen-bond donors (Lipinski definition) is 0. The largest absolute Gasteiger partial charge is 0.491 e. The molecule has 0 N–H and O–H groups in total. The predicted octanol–water partition coefficient (Wildman–Crippen LogP) is 2.23. The third-order valence-electron chi connectivity index (χ3n) is 3.19. The molecule has 7 nitrogen and oxygen atoms in total. The fourth-order valence-electron chi connectivity index (χ4n) is 2.27. The van der Waals surface area contributed by atoms with E-state index in [1.165, 1.54) is 6.07 Å². The van der Waals surface area contributed by atoms with Gasteiger partial charge >= 0.3 is 5.69 Å². The van der Waals surface area contributed by atoms with Gasteiger partial charge in [-0.05, 0) is 13.8 Å². The monoisotopic (exact) mass is 296 g/mol. The van der Waals surface area contributed by atoms with Gasteiger partial charge in [0.05, 0.1) is 43.1 Å². The summed E-state index contributed by atoms with van der Waals surface area (Å²) < 4.78 is 16.3. The summed E-state index contributed by atoms with van der Waals surface area (Å²) in [7, 11) is 0. The summed E-state index contributed by atoms with van der Waals surface area (Å²) in [6, 6.07) is 3.14. The van der Waals surface area contributed by atoms with Crippen LogP contribution in [0.15, 0.2) is 12.1 Å². The quantitative estimate of drug-likeness (QED) is 0.592. The Balaban J connectivity index is 2.44. The van der Waals surface area contributed by atoms with Crippen LogP contribution < -0.4 is 14.4 Å². The van der Waals surface area contributed by atoms with E-state index in [2.05, 4.69) is 4.90 Å². The summed E-state index contributed by atoms with van der Waals surface area (Å²) in [5.41, 5.74) is 0.742. The molecule has 0 amide bonds. The van der Waals surface area contributed by atoms with Crippen molar-refractivity contribution in [2.24, 2.45) is 0 Å². The van der Waals surface area contributed by atoms with Crippen LogP contribution >= 0.6 is 0 Å². The van der Waals surface area contributed by atoms with E-state index < -0.39 is 4.92 Å². The van der Waals surface area contributed by atoms with E-state index in [9.17, 15) is 10.1 Å². The molecule has 0 radical (unpaired) electrons. The molecule has 2 rings (SSSR count). The first-order valence-electron chi connectivity index (χ1n) is 7.08. The van der Waals surface area contributed by atoms with Crippen LogP contribution in [0.3, 0.4) is 0 Å². The van der Waals surface area contributed by atoms with Gasteiger partial charge in [-0.2, -0.15) is 0 Å². The standard InChI is InChI=1S/C14H20N2O5/c1-3-20-13-10-12(16(17)18)14(21-4-2)9-11(13)15-5-7-19-8-6-15/h9-10H,3-8H2,1-2H3. The lowest BCUT2D eigenvalue weighted by atomic mass is 10.2. The molecule has 1 heterocycles. The Morgan fingerprint density at radius 3 is 2.38 bits per heavy atom. The highest BCUT2D eigenvalue weighted by atomic mass is 16.6. The number of anilines is 1. The van der Waals surface area contributed by atoms with Crippen LogP contribution in [0, 0.1) is 10.1 Å². The zero-order chi connectivity index (χ0) is 15.2. The van der Waals surface area contributed by atoms with E-state index in [-0.39, 0.29) is 11.4 Å². The molecule has 0 unspecified atom stereocenters. The van der Waals surface area contributed by atoms with Crippen LogP contribution in [0.1, 0.15) is 13.8 Å². The molecule has 116 valence electrons. The predicted molar refractivity (Wildman–Crippen MR) is 78.5 cm³/mol. The molecular formula is C14H20N2O5. The molecule has 21 heavy (non-hydrogen) atoms. The number of hydrogen-bond acceptors (Lipinski definition) is 6. The van der Waals surface area contributed by atoms with Crippen molar-refractivity contribution in [3.8, 4) is 11.5 Å². The minimum absolute atomic E-state index is 0.0719. The lowest BCUT2D eigenvalue weighted by Gasteiger charge is -2.30. The molecule has 1 aromatic carbocycles. The van der Waals surface area contributed by atoms with Crippen LogP contribution in [0.4, 0.5) is 11.4 Å². The average Bonchev–Trinajstić information content (AvgIpc) is 2.49. The third kappa shape index (κ3) is 3.55. The van der Waals surface area contributed by atoms with Crippen molar-refractivity contribution in [2.75, 3.05) is 44.4 Å². The molecule has 1 aliphatic heterocycles. The summed E-state index contributed by atoms with van der Waals surface area (Å²) in [4.78, 5) is 12.8. The lowest BCUT2D eigenvalue weighted by Crippen LogP contribution is -2.36. The van der Waals surface area contributed by atoms with Gasteiger partial charge in [0.2, 0.25) is 0 Å². The van der Waals surface area contributed by atoms with Gasteiger partial charge in [-0.3, -0.25) is 10.1 Å². The number of rotatable bonds is 6. The summed E-state index contributed by atoms with van der Waals surface area (Å²) >= 11 is 0. The Hall–Kier alpha value is -2.02. The van der Waals surface area contributed by atoms with Crippen LogP contribution in [0.5, 0.6) is 11.5 Å². The van der Waals surface area contributed by atoms with Crippen molar-refractivity contribution < 1.29 is 19.1 Å². The fourth-order valence-corrected chi connectivity index (χ4v) is 2.27. The summed E-state index contributed by atoms with van der Waals surface area (Å²) in [5.74, 6) is 0.780. The fraction of sp³-hybridized carbons (Fsp3) is 0.571. The van der Waals surface area contributed by atoms with Crippen molar-refractivity contribution in [1.82, 2.24) is 0 Å². The van der Waals surface area contributed by atoms with E-state index in [4.69, 9.17) is 14.2 Å². The Bertz CT molecular complexity index is 500. The van der Waals surface area contributed by atoms with Gasteiger partial charge in [-0.25, -0.2) is 0 Å². The molecule has 0 aliphatic carbocycles. The number of nitro benzene ring substituents is 1. The molecule has 0 saturated carbocycles. The highest BCUT2D eigenvalue weighted by Crippen LogP contribution is 2.40. The molecular weight excluding hydrogens is 276 g/mol. The zero-order valence-corrected chi connectivity index (χ0v) is 12.3. The molecule has 1 fully saturated rings. The molecule has 0 aromatic heterocycles. The Morgan fingerprint density at radius 2 is 1.81 bits per heavy atom. The van der Waals surface area contributed by atoms with Gasteiger partial charge in [0.1, 0.15) is 5.75 Å². The second kappa shape index (κ2) is 7.12. The van der Waals surface area contributed by atoms with Crippen LogP contribution in [-0.4, -0.2) is 44.4 Å². The number of morpholine rings is 1. The van der Waals surface area contributed by atoms with Crippen LogP contribution in [0.2, 0.25) is 0 Å².